The Morgan fingerprint density at radius 2 is 1.41 bits per heavy atom. The van der Waals surface area contributed by atoms with Crippen molar-refractivity contribution in [3.63, 3.8) is 0 Å². The number of carbonyl (C=O) groups excluding carboxylic acids is 1. The molecule has 0 radical (unpaired) electrons. The zero-order valence-corrected chi connectivity index (χ0v) is 19.5. The van der Waals surface area contributed by atoms with E-state index in [1.807, 2.05) is 0 Å². The summed E-state index contributed by atoms with van der Waals surface area (Å²) in [6.07, 6.45) is 2.64. The lowest BCUT2D eigenvalue weighted by atomic mass is 10.1. The molecule has 0 unspecified atom stereocenters. The lowest BCUT2D eigenvalue weighted by Gasteiger charge is -2.26. The zero-order chi connectivity index (χ0) is 23.3. The van der Waals surface area contributed by atoms with Crippen LogP contribution in [0.25, 0.3) is 0 Å². The summed E-state index contributed by atoms with van der Waals surface area (Å²) in [5.41, 5.74) is 0.518. The maximum absolute atomic E-state index is 13.2. The van der Waals surface area contributed by atoms with E-state index in [0.717, 1.165) is 19.3 Å². The van der Waals surface area contributed by atoms with Gasteiger partial charge in [-0.15, -0.1) is 0 Å². The summed E-state index contributed by atoms with van der Waals surface area (Å²) in [5.74, 6) is 0.795. The third-order valence-corrected chi connectivity index (χ3v) is 7.22. The quantitative estimate of drug-likeness (QED) is 0.640. The number of sulfonamides is 1. The van der Waals surface area contributed by atoms with Crippen LogP contribution in [0.5, 0.6) is 23.0 Å². The van der Waals surface area contributed by atoms with Gasteiger partial charge in [0.25, 0.3) is 5.91 Å². The summed E-state index contributed by atoms with van der Waals surface area (Å²) in [6.45, 7) is 0.926. The number of benzene rings is 2. The summed E-state index contributed by atoms with van der Waals surface area (Å²) >= 11 is 0. The molecular formula is C22H28N2O7S. The molecule has 174 valence electrons. The molecule has 0 atom stereocenters. The van der Waals surface area contributed by atoms with Crippen molar-refractivity contribution in [1.82, 2.24) is 4.31 Å². The van der Waals surface area contributed by atoms with Gasteiger partial charge >= 0.3 is 0 Å². The number of piperidine rings is 1. The van der Waals surface area contributed by atoms with E-state index >= 15 is 0 Å². The summed E-state index contributed by atoms with van der Waals surface area (Å²) < 4.78 is 49.0. The second kappa shape index (κ2) is 10.1. The molecule has 1 fully saturated rings. The van der Waals surface area contributed by atoms with Crippen molar-refractivity contribution in [2.75, 3.05) is 46.8 Å². The molecule has 1 aliphatic rings. The molecule has 3 rings (SSSR count). The molecule has 1 N–H and O–H groups in total. The molecule has 0 bridgehead atoms. The molecule has 2 aromatic carbocycles. The Balaban J connectivity index is 1.95. The minimum atomic E-state index is -3.76. The van der Waals surface area contributed by atoms with Crippen LogP contribution >= 0.6 is 0 Å². The van der Waals surface area contributed by atoms with Crippen LogP contribution in [0.4, 0.5) is 5.69 Å². The summed E-state index contributed by atoms with van der Waals surface area (Å²) in [5, 5.41) is 2.73. The SMILES string of the molecule is COc1cc(OC)c(C(=O)Nc2ccc(OC)c(S(=O)(=O)N3CCCCC3)c2)cc1OC. The van der Waals surface area contributed by atoms with E-state index < -0.39 is 15.9 Å². The van der Waals surface area contributed by atoms with Gasteiger partial charge in [-0.1, -0.05) is 6.42 Å². The standard InChI is InChI=1S/C22H28N2O7S/c1-28-17-9-8-15(12-21(17)32(26,27)24-10-6-5-7-11-24)23-22(25)16-13-19(30-3)20(31-4)14-18(16)29-2/h8-9,12-14H,5-7,10-11H2,1-4H3,(H,23,25). The Morgan fingerprint density at radius 1 is 0.812 bits per heavy atom. The molecule has 10 heteroatoms. The van der Waals surface area contributed by atoms with Crippen LogP contribution in [0, 0.1) is 0 Å². The van der Waals surface area contributed by atoms with Crippen molar-refractivity contribution in [2.24, 2.45) is 0 Å². The average Bonchev–Trinajstić information content (AvgIpc) is 2.83. The number of methoxy groups -OCH3 is 4. The van der Waals surface area contributed by atoms with Crippen molar-refractivity contribution in [3.8, 4) is 23.0 Å². The van der Waals surface area contributed by atoms with E-state index in [0.29, 0.717) is 30.3 Å². The van der Waals surface area contributed by atoms with Gasteiger partial charge in [0, 0.05) is 30.9 Å². The second-order valence-corrected chi connectivity index (χ2v) is 9.10. The Morgan fingerprint density at radius 3 is 2.00 bits per heavy atom. The molecule has 0 aliphatic carbocycles. The van der Waals surface area contributed by atoms with E-state index in [9.17, 15) is 13.2 Å². The third kappa shape index (κ3) is 4.76. The van der Waals surface area contributed by atoms with E-state index in [2.05, 4.69) is 5.32 Å². The second-order valence-electron chi connectivity index (χ2n) is 7.19. The maximum atomic E-state index is 13.2. The number of nitrogens with zero attached hydrogens (tertiary/aromatic N) is 1. The maximum Gasteiger partial charge on any atom is 0.259 e. The summed E-state index contributed by atoms with van der Waals surface area (Å²) in [4.78, 5) is 13.0. The van der Waals surface area contributed by atoms with Gasteiger partial charge in [0.1, 0.15) is 16.4 Å². The molecule has 1 saturated heterocycles. The van der Waals surface area contributed by atoms with Crippen molar-refractivity contribution in [1.29, 1.82) is 0 Å². The zero-order valence-electron chi connectivity index (χ0n) is 18.6. The number of anilines is 1. The van der Waals surface area contributed by atoms with Crippen molar-refractivity contribution < 1.29 is 32.2 Å². The van der Waals surface area contributed by atoms with Gasteiger partial charge in [0.05, 0.1) is 34.0 Å². The Bertz CT molecular complexity index is 1080. The lowest BCUT2D eigenvalue weighted by Crippen LogP contribution is -2.35. The van der Waals surface area contributed by atoms with Crippen LogP contribution in [0.3, 0.4) is 0 Å². The van der Waals surface area contributed by atoms with Crippen LogP contribution < -0.4 is 24.3 Å². The number of nitrogens with one attached hydrogen (secondary N) is 1. The number of carbonyl (C=O) groups is 1. The van der Waals surface area contributed by atoms with Crippen LogP contribution in [0.15, 0.2) is 35.2 Å². The molecule has 2 aromatic rings. The molecular weight excluding hydrogens is 436 g/mol. The lowest BCUT2D eigenvalue weighted by molar-refractivity contribution is 0.102. The molecule has 1 aliphatic heterocycles. The topological polar surface area (TPSA) is 103 Å². The van der Waals surface area contributed by atoms with E-state index in [4.69, 9.17) is 18.9 Å². The highest BCUT2D eigenvalue weighted by Gasteiger charge is 2.29. The minimum Gasteiger partial charge on any atom is -0.496 e. The predicted octanol–water partition coefficient (Wildman–Crippen LogP) is 3.15. The van der Waals surface area contributed by atoms with Gasteiger partial charge in [-0.05, 0) is 31.0 Å². The average molecular weight is 465 g/mol. The highest BCUT2D eigenvalue weighted by molar-refractivity contribution is 7.89. The van der Waals surface area contributed by atoms with Gasteiger partial charge in [0.2, 0.25) is 10.0 Å². The molecule has 1 amide bonds. The van der Waals surface area contributed by atoms with E-state index in [1.165, 1.54) is 50.9 Å². The third-order valence-electron chi connectivity index (χ3n) is 5.30. The molecule has 9 nitrogen and oxygen atoms in total. The summed E-state index contributed by atoms with van der Waals surface area (Å²) in [6, 6.07) is 7.57. The number of amides is 1. The number of rotatable bonds is 8. The normalized spacial score (nSPS) is 14.5. The van der Waals surface area contributed by atoms with E-state index in [1.54, 1.807) is 12.1 Å². The summed E-state index contributed by atoms with van der Waals surface area (Å²) in [7, 11) is 2.04. The number of hydrogen-bond donors (Lipinski definition) is 1. The van der Waals surface area contributed by atoms with E-state index in [-0.39, 0.29) is 22.0 Å². The largest absolute Gasteiger partial charge is 0.496 e. The highest BCUT2D eigenvalue weighted by atomic mass is 32.2. The minimum absolute atomic E-state index is 0.0129. The first kappa shape index (κ1) is 23.7. The Kier molecular flexibility index (Phi) is 7.47. The van der Waals surface area contributed by atoms with Gasteiger partial charge in [-0.2, -0.15) is 4.31 Å². The van der Waals surface area contributed by atoms with Crippen LogP contribution in [0.2, 0.25) is 0 Å². The Labute approximate surface area is 188 Å². The van der Waals surface area contributed by atoms with Crippen molar-refractivity contribution in [2.45, 2.75) is 24.2 Å². The molecule has 0 spiro atoms. The smallest absolute Gasteiger partial charge is 0.259 e. The fourth-order valence-electron chi connectivity index (χ4n) is 3.61. The first-order chi connectivity index (χ1) is 15.3. The van der Waals surface area contributed by atoms with Gasteiger partial charge in [-0.25, -0.2) is 8.42 Å². The predicted molar refractivity (Wildman–Crippen MR) is 120 cm³/mol. The van der Waals surface area contributed by atoms with Gasteiger partial charge < -0.3 is 24.3 Å². The van der Waals surface area contributed by atoms with Crippen molar-refractivity contribution in [3.05, 3.63) is 35.9 Å². The monoisotopic (exact) mass is 464 g/mol. The number of hydrogen-bond acceptors (Lipinski definition) is 7. The molecule has 32 heavy (non-hydrogen) atoms. The molecule has 1 heterocycles. The Hall–Kier alpha value is -2.98. The van der Waals surface area contributed by atoms with Crippen molar-refractivity contribution >= 4 is 21.6 Å². The van der Waals surface area contributed by atoms with Crippen LogP contribution in [-0.2, 0) is 10.0 Å². The van der Waals surface area contributed by atoms with Crippen LogP contribution in [-0.4, -0.2) is 60.2 Å². The van der Waals surface area contributed by atoms with Gasteiger partial charge in [-0.3, -0.25) is 4.79 Å². The fourth-order valence-corrected chi connectivity index (χ4v) is 5.30. The molecule has 0 aromatic heterocycles. The number of ether oxygens (including phenoxy) is 4. The highest BCUT2D eigenvalue weighted by Crippen LogP contribution is 2.36. The molecule has 0 saturated carbocycles. The first-order valence-corrected chi connectivity index (χ1v) is 11.6. The fraction of sp³-hybridized carbons (Fsp3) is 0.409. The van der Waals surface area contributed by atoms with Gasteiger partial charge in [0.15, 0.2) is 11.5 Å². The van der Waals surface area contributed by atoms with Crippen LogP contribution in [0.1, 0.15) is 29.6 Å². The first-order valence-electron chi connectivity index (χ1n) is 10.1.